The number of urea groups is 1. The number of amides is 2. The molecule has 0 saturated carbocycles. The van der Waals surface area contributed by atoms with Crippen LogP contribution in [-0.4, -0.2) is 17.6 Å². The van der Waals surface area contributed by atoms with Gasteiger partial charge in [-0.2, -0.15) is 5.11 Å². The molecule has 0 saturated heterocycles. The molecule has 0 atom stereocenters. The molecule has 0 unspecified atom stereocenters. The van der Waals surface area contributed by atoms with Gasteiger partial charge in [0.2, 0.25) is 0 Å². The van der Waals surface area contributed by atoms with Crippen molar-refractivity contribution in [2.75, 3.05) is 0 Å². The fourth-order valence-corrected chi connectivity index (χ4v) is 0.659. The van der Waals surface area contributed by atoms with Gasteiger partial charge in [0.05, 0.1) is 5.70 Å². The molecule has 0 fully saturated rings. The van der Waals surface area contributed by atoms with E-state index in [0.29, 0.717) is 0 Å². The van der Waals surface area contributed by atoms with Crippen molar-refractivity contribution in [1.82, 2.24) is 0 Å². The number of rotatable bonds is 2. The first-order valence-electron chi connectivity index (χ1n) is 4.33. The van der Waals surface area contributed by atoms with Gasteiger partial charge in [0.15, 0.2) is 0 Å². The summed E-state index contributed by atoms with van der Waals surface area (Å²) >= 11 is 0. The zero-order valence-electron chi connectivity index (χ0n) is 9.27. The number of ether oxygens (including phenoxy) is 1. The second kappa shape index (κ2) is 5.23. The van der Waals surface area contributed by atoms with Gasteiger partial charge in [-0.1, -0.05) is 5.11 Å². The Kier molecular flexibility index (Phi) is 4.63. The summed E-state index contributed by atoms with van der Waals surface area (Å²) in [6.45, 7) is 6.76. The third-order valence-electron chi connectivity index (χ3n) is 1.04. The lowest BCUT2D eigenvalue weighted by atomic mass is 10.2. The van der Waals surface area contributed by atoms with E-state index in [1.807, 2.05) is 0 Å². The molecule has 6 nitrogen and oxygen atoms in total. The quantitative estimate of drug-likeness (QED) is 0.430. The Hall–Kier alpha value is -1.72. The Bertz CT molecular complexity index is 313. The van der Waals surface area contributed by atoms with Crippen molar-refractivity contribution in [2.45, 2.75) is 33.3 Å². The lowest BCUT2D eigenvalue weighted by Crippen LogP contribution is -2.22. The summed E-state index contributed by atoms with van der Waals surface area (Å²) in [5, 5.41) is 6.47. The van der Waals surface area contributed by atoms with Crippen LogP contribution in [0.3, 0.4) is 0 Å². The van der Waals surface area contributed by atoms with Gasteiger partial charge in [0, 0.05) is 6.08 Å². The molecule has 0 radical (unpaired) electrons. The number of carbonyl (C=O) groups excluding carboxylic acids is 2. The second-order valence-corrected chi connectivity index (χ2v) is 3.86. The molecule has 0 aliphatic rings. The predicted octanol–water partition coefficient (Wildman–Crippen LogP) is 1.76. The minimum absolute atomic E-state index is 0.253. The largest absolute Gasteiger partial charge is 0.457 e. The van der Waals surface area contributed by atoms with E-state index < -0.39 is 17.6 Å². The van der Waals surface area contributed by atoms with E-state index >= 15 is 0 Å². The summed E-state index contributed by atoms with van der Waals surface area (Å²) in [4.78, 5) is 21.4. The van der Waals surface area contributed by atoms with Crippen LogP contribution in [0.25, 0.3) is 0 Å². The van der Waals surface area contributed by atoms with Crippen LogP contribution in [0.2, 0.25) is 0 Å². The molecule has 6 heteroatoms. The molecule has 0 aliphatic carbocycles. The van der Waals surface area contributed by atoms with Gasteiger partial charge in [0.1, 0.15) is 5.60 Å². The molecular formula is C9H15N3O3. The molecule has 0 heterocycles. The van der Waals surface area contributed by atoms with E-state index in [9.17, 15) is 9.59 Å². The van der Waals surface area contributed by atoms with Crippen LogP contribution in [-0.2, 0) is 9.53 Å². The zero-order valence-corrected chi connectivity index (χ0v) is 9.27. The van der Waals surface area contributed by atoms with Crippen LogP contribution in [0.15, 0.2) is 22.0 Å². The van der Waals surface area contributed by atoms with E-state index in [-0.39, 0.29) is 5.70 Å². The minimum Gasteiger partial charge on any atom is -0.457 e. The highest BCUT2D eigenvalue weighted by molar-refractivity contribution is 5.83. The highest BCUT2D eigenvalue weighted by Crippen LogP contribution is 2.08. The fourth-order valence-electron chi connectivity index (χ4n) is 0.659. The van der Waals surface area contributed by atoms with Gasteiger partial charge in [-0.25, -0.2) is 9.59 Å². The van der Waals surface area contributed by atoms with E-state index in [4.69, 9.17) is 10.5 Å². The molecule has 0 bridgehead atoms. The molecule has 84 valence electrons. The van der Waals surface area contributed by atoms with Crippen LogP contribution in [0, 0.1) is 0 Å². The smallest absolute Gasteiger partial charge is 0.356 e. The van der Waals surface area contributed by atoms with Gasteiger partial charge < -0.3 is 10.5 Å². The Morgan fingerprint density at radius 1 is 1.27 bits per heavy atom. The maximum absolute atomic E-state index is 11.2. The number of azo groups is 1. The molecule has 2 amide bonds. The minimum atomic E-state index is -0.910. The summed E-state index contributed by atoms with van der Waals surface area (Å²) in [5.74, 6) is -0.538. The summed E-state index contributed by atoms with van der Waals surface area (Å²) in [7, 11) is 0. The van der Waals surface area contributed by atoms with Crippen LogP contribution in [0.1, 0.15) is 27.7 Å². The lowest BCUT2D eigenvalue weighted by Gasteiger charge is -2.17. The van der Waals surface area contributed by atoms with Gasteiger partial charge in [-0.15, -0.1) is 0 Å². The third-order valence-corrected chi connectivity index (χ3v) is 1.04. The van der Waals surface area contributed by atoms with Crippen molar-refractivity contribution in [2.24, 2.45) is 16.0 Å². The van der Waals surface area contributed by atoms with E-state index in [2.05, 4.69) is 10.2 Å². The molecular weight excluding hydrogens is 198 g/mol. The highest BCUT2D eigenvalue weighted by atomic mass is 16.6. The normalized spacial score (nSPS) is 12.9. The van der Waals surface area contributed by atoms with Crippen LogP contribution < -0.4 is 5.73 Å². The Balaban J connectivity index is 4.37. The molecule has 0 rings (SSSR count). The van der Waals surface area contributed by atoms with Crippen molar-refractivity contribution < 1.29 is 14.3 Å². The summed E-state index contributed by atoms with van der Waals surface area (Å²) in [5.41, 5.74) is 4.42. The molecule has 0 aromatic heterocycles. The SMILES string of the molecule is C/C(=C\C(=O)OC(C)(C)C)N=NC(N)=O. The summed E-state index contributed by atoms with van der Waals surface area (Å²) in [6.07, 6.45) is 1.14. The number of allylic oxidation sites excluding steroid dienone is 1. The fraction of sp³-hybridized carbons (Fsp3) is 0.556. The van der Waals surface area contributed by atoms with E-state index in [0.717, 1.165) is 6.08 Å². The lowest BCUT2D eigenvalue weighted by molar-refractivity contribution is -0.148. The van der Waals surface area contributed by atoms with Crippen LogP contribution in [0.4, 0.5) is 4.79 Å². The average Bonchev–Trinajstić information content (AvgIpc) is 1.96. The zero-order chi connectivity index (χ0) is 12.1. The molecule has 15 heavy (non-hydrogen) atoms. The Labute approximate surface area is 88.2 Å². The molecule has 0 spiro atoms. The van der Waals surface area contributed by atoms with Gasteiger partial charge in [0.25, 0.3) is 0 Å². The number of nitrogens with two attached hydrogens (primary N) is 1. The number of primary amides is 1. The second-order valence-electron chi connectivity index (χ2n) is 3.86. The highest BCUT2D eigenvalue weighted by Gasteiger charge is 2.14. The Morgan fingerprint density at radius 2 is 1.80 bits per heavy atom. The Morgan fingerprint density at radius 3 is 2.20 bits per heavy atom. The van der Waals surface area contributed by atoms with Crippen LogP contribution in [0.5, 0.6) is 0 Å². The molecule has 0 aromatic rings. The molecule has 0 aliphatic heterocycles. The predicted molar refractivity (Wildman–Crippen MR) is 54.0 cm³/mol. The number of esters is 1. The van der Waals surface area contributed by atoms with E-state index in [1.54, 1.807) is 20.8 Å². The summed E-state index contributed by atoms with van der Waals surface area (Å²) in [6, 6.07) is -0.910. The van der Waals surface area contributed by atoms with Crippen LogP contribution >= 0.6 is 0 Å². The van der Waals surface area contributed by atoms with Crippen molar-refractivity contribution in [3.05, 3.63) is 11.8 Å². The van der Waals surface area contributed by atoms with Crippen molar-refractivity contribution >= 4 is 12.0 Å². The summed E-state index contributed by atoms with van der Waals surface area (Å²) < 4.78 is 4.98. The maximum Gasteiger partial charge on any atom is 0.356 e. The number of hydrogen-bond acceptors (Lipinski definition) is 4. The van der Waals surface area contributed by atoms with E-state index in [1.165, 1.54) is 6.92 Å². The number of hydrogen-bond donors (Lipinski definition) is 1. The maximum atomic E-state index is 11.2. The van der Waals surface area contributed by atoms with Gasteiger partial charge in [-0.3, -0.25) is 0 Å². The van der Waals surface area contributed by atoms with Crippen molar-refractivity contribution in [1.29, 1.82) is 0 Å². The van der Waals surface area contributed by atoms with Gasteiger partial charge >= 0.3 is 12.0 Å². The third kappa shape index (κ3) is 8.61. The topological polar surface area (TPSA) is 94.1 Å². The van der Waals surface area contributed by atoms with Crippen molar-refractivity contribution in [3.8, 4) is 0 Å². The van der Waals surface area contributed by atoms with Crippen molar-refractivity contribution in [3.63, 3.8) is 0 Å². The number of carbonyl (C=O) groups is 2. The average molecular weight is 213 g/mol. The monoisotopic (exact) mass is 213 g/mol. The molecule has 0 aromatic carbocycles. The van der Waals surface area contributed by atoms with Gasteiger partial charge in [-0.05, 0) is 27.7 Å². The number of nitrogens with zero attached hydrogens (tertiary/aromatic N) is 2. The first-order chi connectivity index (χ1) is 6.70. The first kappa shape index (κ1) is 13.3. The first-order valence-corrected chi connectivity index (χ1v) is 4.33. The molecule has 2 N–H and O–H groups in total. The standard InChI is InChI=1S/C9H15N3O3/c1-6(11-12-8(10)14)5-7(13)15-9(2,3)4/h5H,1-4H3,(H2,10,14)/b6-5+,12-11?.